The van der Waals surface area contributed by atoms with E-state index in [1.807, 2.05) is 19.3 Å². The molecule has 1 aromatic rings. The molecule has 2 saturated heterocycles. The SMILES string of the molecule is COc1cc2cc(c1Cl)N(C)C(=O)CC(OC(=O)C(C)N(C)C(=O)CCC(C)(C)SC)C1(C)OC1C(C)C1CC(O)(NC(=O)O1)C(OC)/C=C/C=C(\C)C2. The molecule has 0 spiro atoms. The molecular weight excluding hydrogens is 738 g/mol. The fourth-order valence-electron chi connectivity index (χ4n) is 6.90. The maximum Gasteiger partial charge on any atom is 0.409 e. The first kappa shape index (κ1) is 43.4. The number of allylic oxidation sites excluding steroid dienone is 3. The number of benzene rings is 1. The monoisotopic (exact) mass is 793 g/mol. The molecule has 0 aliphatic carbocycles. The standard InChI is InChI=1S/C39H56ClN3O10S/c1-22-13-12-14-29(50-10)39(48)21-28(51-36(47)41-39)23(2)34-38(6,53-34)30(52-35(46)24(3)42(7)31(44)15-16-37(4,5)54-11)20-32(45)43(8)26-18-25(17-22)19-27(49-9)33(26)40/h12-14,18-19,23-24,28-30,34,48H,15-17,20-21H2,1-11H3,(H,41,47)/b14-12+,22-13+. The Bertz CT molecular complexity index is 1650. The molecule has 4 bridgehead atoms. The van der Waals surface area contributed by atoms with Gasteiger partial charge in [0.2, 0.25) is 11.8 Å². The van der Waals surface area contributed by atoms with Crippen molar-refractivity contribution in [1.82, 2.24) is 10.2 Å². The molecule has 3 heterocycles. The van der Waals surface area contributed by atoms with E-state index in [0.717, 1.165) is 11.1 Å². The summed E-state index contributed by atoms with van der Waals surface area (Å²) in [4.78, 5) is 56.8. The van der Waals surface area contributed by atoms with Crippen LogP contribution in [-0.2, 0) is 39.8 Å². The first-order valence-electron chi connectivity index (χ1n) is 18.1. The summed E-state index contributed by atoms with van der Waals surface area (Å²) < 4.78 is 29.2. The van der Waals surface area contributed by atoms with Crippen molar-refractivity contribution in [3.8, 4) is 5.75 Å². The van der Waals surface area contributed by atoms with E-state index in [1.165, 1.54) is 24.0 Å². The zero-order chi connectivity index (χ0) is 40.3. The number of ether oxygens (including phenoxy) is 5. The molecule has 13 nitrogen and oxygen atoms in total. The Hall–Kier alpha value is -3.30. The summed E-state index contributed by atoms with van der Waals surface area (Å²) in [7, 11) is 6.07. The predicted octanol–water partition coefficient (Wildman–Crippen LogP) is 5.44. The number of rotatable bonds is 9. The third kappa shape index (κ3) is 9.73. The normalized spacial score (nSPS) is 31.2. The summed E-state index contributed by atoms with van der Waals surface area (Å²) in [5.41, 5.74) is -0.894. The fraction of sp³-hybridized carbons (Fsp3) is 0.641. The number of hydrogen-bond donors (Lipinski definition) is 2. The van der Waals surface area contributed by atoms with E-state index < -0.39 is 65.7 Å². The van der Waals surface area contributed by atoms with Crippen LogP contribution in [0, 0.1) is 5.92 Å². The molecule has 54 heavy (non-hydrogen) atoms. The second-order valence-corrected chi connectivity index (χ2v) is 17.3. The van der Waals surface area contributed by atoms with E-state index >= 15 is 0 Å². The van der Waals surface area contributed by atoms with Gasteiger partial charge in [-0.3, -0.25) is 14.9 Å². The quantitative estimate of drug-likeness (QED) is 0.243. The number of thioether (sulfide) groups is 1. The number of epoxide rings is 1. The zero-order valence-electron chi connectivity index (χ0n) is 33.2. The molecule has 15 heteroatoms. The number of anilines is 1. The Balaban J connectivity index is 1.73. The molecular formula is C39H56ClN3O10S. The fourth-order valence-corrected chi connectivity index (χ4v) is 7.52. The van der Waals surface area contributed by atoms with Gasteiger partial charge < -0.3 is 38.6 Å². The third-order valence-electron chi connectivity index (χ3n) is 11.0. The number of esters is 1. The Morgan fingerprint density at radius 2 is 1.94 bits per heavy atom. The molecule has 0 saturated carbocycles. The minimum Gasteiger partial charge on any atom is -0.495 e. The predicted molar refractivity (Wildman–Crippen MR) is 208 cm³/mol. The molecule has 1 aromatic carbocycles. The van der Waals surface area contributed by atoms with Crippen LogP contribution in [-0.4, -0.2) is 115 Å². The van der Waals surface area contributed by atoms with Crippen LogP contribution in [0.3, 0.4) is 0 Å². The molecule has 0 radical (unpaired) electrons. The van der Waals surface area contributed by atoms with Gasteiger partial charge >= 0.3 is 12.1 Å². The molecule has 2 N–H and O–H groups in total. The van der Waals surface area contributed by atoms with E-state index in [2.05, 4.69) is 19.2 Å². The van der Waals surface area contributed by atoms with Crippen LogP contribution in [0.25, 0.3) is 0 Å². The lowest BCUT2D eigenvalue weighted by Crippen LogP contribution is -2.63. The van der Waals surface area contributed by atoms with Crippen LogP contribution in [0.15, 0.2) is 35.9 Å². The van der Waals surface area contributed by atoms with Gasteiger partial charge in [0.05, 0.1) is 25.3 Å². The van der Waals surface area contributed by atoms with Gasteiger partial charge in [0.25, 0.3) is 0 Å². The van der Waals surface area contributed by atoms with Gasteiger partial charge in [0.15, 0.2) is 5.72 Å². The summed E-state index contributed by atoms with van der Waals surface area (Å²) >= 11 is 8.43. The number of fused-ring (bicyclic) bond motifs is 5. The van der Waals surface area contributed by atoms with E-state index in [0.29, 0.717) is 24.3 Å². The number of nitrogens with zero attached hydrogens (tertiary/aromatic N) is 2. The molecule has 3 aliphatic heterocycles. The van der Waals surface area contributed by atoms with Crippen molar-refractivity contribution in [3.63, 3.8) is 0 Å². The van der Waals surface area contributed by atoms with E-state index in [-0.39, 0.29) is 34.9 Å². The van der Waals surface area contributed by atoms with Crippen LogP contribution in [0.4, 0.5) is 10.5 Å². The topological polar surface area (TPSA) is 156 Å². The van der Waals surface area contributed by atoms with Gasteiger partial charge in [0, 0.05) is 44.7 Å². The second kappa shape index (κ2) is 17.2. The maximum atomic E-state index is 14.2. The average Bonchev–Trinajstić information content (AvgIpc) is 3.82. The van der Waals surface area contributed by atoms with Crippen molar-refractivity contribution >= 4 is 52.9 Å². The first-order valence-corrected chi connectivity index (χ1v) is 19.7. The number of amides is 3. The lowest BCUT2D eigenvalue weighted by Gasteiger charge is -2.42. The number of hydrogen-bond acceptors (Lipinski definition) is 11. The highest BCUT2D eigenvalue weighted by molar-refractivity contribution is 7.99. The van der Waals surface area contributed by atoms with Crippen LogP contribution < -0.4 is 15.0 Å². The number of alkyl carbamates (subject to hydrolysis) is 1. The maximum absolute atomic E-state index is 14.2. The van der Waals surface area contributed by atoms with Crippen molar-refractivity contribution in [2.24, 2.45) is 5.92 Å². The number of methoxy groups -OCH3 is 2. The summed E-state index contributed by atoms with van der Waals surface area (Å²) in [5.74, 6) is -1.50. The summed E-state index contributed by atoms with van der Waals surface area (Å²) in [6, 6.07) is 2.63. The first-order chi connectivity index (χ1) is 25.2. The molecule has 0 aromatic heterocycles. The largest absolute Gasteiger partial charge is 0.495 e. The summed E-state index contributed by atoms with van der Waals surface area (Å²) in [5, 5.41) is 14.5. The highest BCUT2D eigenvalue weighted by Gasteiger charge is 2.64. The molecule has 2 fully saturated rings. The number of likely N-dealkylation sites (N-methyl/N-ethyl adjacent to an activating group) is 1. The van der Waals surface area contributed by atoms with Crippen molar-refractivity contribution < 1.29 is 48.0 Å². The smallest absolute Gasteiger partial charge is 0.409 e. The third-order valence-corrected chi connectivity index (χ3v) is 12.7. The molecule has 3 amide bonds. The number of halogens is 1. The van der Waals surface area contributed by atoms with Gasteiger partial charge in [-0.25, -0.2) is 9.59 Å². The number of nitrogens with one attached hydrogen (secondary N) is 1. The lowest BCUT2D eigenvalue weighted by atomic mass is 9.83. The van der Waals surface area contributed by atoms with E-state index in [1.54, 1.807) is 70.9 Å². The number of carbonyl (C=O) groups is 4. The van der Waals surface area contributed by atoms with Crippen molar-refractivity contribution in [2.45, 2.75) is 120 Å². The van der Waals surface area contributed by atoms with Crippen molar-refractivity contribution in [3.05, 3.63) is 46.5 Å². The van der Waals surface area contributed by atoms with Gasteiger partial charge in [-0.2, -0.15) is 11.8 Å². The molecule has 8 atom stereocenters. The average molecular weight is 794 g/mol. The van der Waals surface area contributed by atoms with E-state index in [4.69, 9.17) is 35.3 Å². The second-order valence-electron chi connectivity index (χ2n) is 15.4. The van der Waals surface area contributed by atoms with Gasteiger partial charge in [0.1, 0.15) is 40.7 Å². The Morgan fingerprint density at radius 1 is 1.26 bits per heavy atom. The number of carbonyl (C=O) groups excluding carboxylic acids is 4. The molecule has 8 unspecified atom stereocenters. The summed E-state index contributed by atoms with van der Waals surface area (Å²) in [6.45, 7) is 11.2. The van der Waals surface area contributed by atoms with Crippen molar-refractivity contribution in [1.29, 1.82) is 0 Å². The highest BCUT2D eigenvalue weighted by Crippen LogP contribution is 2.49. The number of aliphatic hydroxyl groups is 1. The zero-order valence-corrected chi connectivity index (χ0v) is 34.8. The highest BCUT2D eigenvalue weighted by atomic mass is 35.5. The minimum atomic E-state index is -1.82. The van der Waals surface area contributed by atoms with Crippen LogP contribution in [0.1, 0.15) is 72.8 Å². The van der Waals surface area contributed by atoms with Gasteiger partial charge in [-0.1, -0.05) is 56.2 Å². The lowest BCUT2D eigenvalue weighted by molar-refractivity contribution is -0.162. The molecule has 4 rings (SSSR count). The Kier molecular flexibility index (Phi) is 13.9. The molecule has 300 valence electrons. The van der Waals surface area contributed by atoms with Crippen LogP contribution >= 0.6 is 23.4 Å². The van der Waals surface area contributed by atoms with Crippen LogP contribution in [0.5, 0.6) is 5.75 Å². The Labute approximate surface area is 328 Å². The Morgan fingerprint density at radius 3 is 2.57 bits per heavy atom. The van der Waals surface area contributed by atoms with Gasteiger partial charge in [-0.05, 0) is 57.6 Å². The van der Waals surface area contributed by atoms with Crippen molar-refractivity contribution in [2.75, 3.05) is 39.5 Å². The van der Waals surface area contributed by atoms with Crippen LogP contribution in [0.2, 0.25) is 5.02 Å². The summed E-state index contributed by atoms with van der Waals surface area (Å²) in [6.07, 6.45) is 3.84. The minimum absolute atomic E-state index is 0.0467. The van der Waals surface area contributed by atoms with Gasteiger partial charge in [-0.15, -0.1) is 0 Å². The molecule has 3 aliphatic rings. The van der Waals surface area contributed by atoms with E-state index in [9.17, 15) is 24.3 Å².